The molecule has 0 radical (unpaired) electrons. The summed E-state index contributed by atoms with van der Waals surface area (Å²) in [7, 11) is -1.77. The molecule has 0 aliphatic rings. The largest absolute Gasteiger partial charge is 0.516 e. The molecule has 0 atom stereocenters. The molecule has 0 unspecified atom stereocenters. The van der Waals surface area contributed by atoms with Crippen molar-refractivity contribution in [1.29, 1.82) is 0 Å². The molecule has 0 amide bonds. The van der Waals surface area contributed by atoms with E-state index in [0.29, 0.717) is 5.56 Å². The van der Waals surface area contributed by atoms with Gasteiger partial charge in [-0.15, -0.1) is 0 Å². The molecule has 0 aliphatic heterocycles. The monoisotopic (exact) mass is 184 g/mol. The standard InChI is InChI=1S/C8H12O3Si/c1-12(2,3)11-8(9)7-4-5-10-6-7/h4-6H,1-3H3. The van der Waals surface area contributed by atoms with Crippen LogP contribution in [0.2, 0.25) is 19.6 Å². The predicted octanol–water partition coefficient (Wildman–Crippen LogP) is 2.27. The van der Waals surface area contributed by atoms with E-state index in [0.717, 1.165) is 0 Å². The lowest BCUT2D eigenvalue weighted by Crippen LogP contribution is -2.28. The van der Waals surface area contributed by atoms with Crippen LogP contribution in [0.1, 0.15) is 10.4 Å². The maximum Gasteiger partial charge on any atom is 0.328 e. The average Bonchev–Trinajstić information content (AvgIpc) is 2.32. The minimum absolute atomic E-state index is 0.289. The summed E-state index contributed by atoms with van der Waals surface area (Å²) >= 11 is 0. The van der Waals surface area contributed by atoms with Crippen LogP contribution in [0.15, 0.2) is 23.0 Å². The molecule has 66 valence electrons. The minimum atomic E-state index is -1.77. The van der Waals surface area contributed by atoms with Crippen LogP contribution in [0.4, 0.5) is 0 Å². The van der Waals surface area contributed by atoms with E-state index in [1.165, 1.54) is 12.5 Å². The van der Waals surface area contributed by atoms with E-state index in [1.54, 1.807) is 6.07 Å². The van der Waals surface area contributed by atoms with E-state index in [1.807, 2.05) is 19.6 Å². The Morgan fingerprint density at radius 1 is 1.50 bits per heavy atom. The third-order valence-corrected chi connectivity index (χ3v) is 1.95. The summed E-state index contributed by atoms with van der Waals surface area (Å²) in [5.41, 5.74) is 0.484. The van der Waals surface area contributed by atoms with Crippen LogP contribution in [0, 0.1) is 0 Å². The van der Waals surface area contributed by atoms with E-state index in [2.05, 4.69) is 0 Å². The highest BCUT2D eigenvalue weighted by atomic mass is 28.4. The summed E-state index contributed by atoms with van der Waals surface area (Å²) < 4.78 is 9.99. The molecule has 0 fully saturated rings. The second-order valence-corrected chi connectivity index (χ2v) is 7.94. The molecule has 0 aromatic carbocycles. The highest BCUT2D eigenvalue weighted by Gasteiger charge is 2.21. The van der Waals surface area contributed by atoms with Gasteiger partial charge in [0.1, 0.15) is 6.26 Å². The van der Waals surface area contributed by atoms with Crippen molar-refractivity contribution in [2.45, 2.75) is 19.6 Å². The van der Waals surface area contributed by atoms with E-state index in [-0.39, 0.29) is 5.97 Å². The maximum atomic E-state index is 11.3. The Balaban J connectivity index is 2.63. The van der Waals surface area contributed by atoms with Crippen LogP contribution >= 0.6 is 0 Å². The van der Waals surface area contributed by atoms with Gasteiger partial charge in [0.2, 0.25) is 8.32 Å². The lowest BCUT2D eigenvalue weighted by Gasteiger charge is -2.16. The molecule has 0 bridgehead atoms. The van der Waals surface area contributed by atoms with Crippen molar-refractivity contribution in [2.24, 2.45) is 0 Å². The van der Waals surface area contributed by atoms with Gasteiger partial charge in [-0.1, -0.05) is 0 Å². The SMILES string of the molecule is C[Si](C)(C)OC(=O)c1ccoc1. The summed E-state index contributed by atoms with van der Waals surface area (Å²) in [5.74, 6) is -0.289. The van der Waals surface area contributed by atoms with Gasteiger partial charge in [-0.2, -0.15) is 0 Å². The van der Waals surface area contributed by atoms with Crippen LogP contribution in [-0.4, -0.2) is 14.3 Å². The Labute approximate surface area is 72.5 Å². The first-order chi connectivity index (χ1) is 5.49. The van der Waals surface area contributed by atoms with Crippen molar-refractivity contribution < 1.29 is 13.6 Å². The van der Waals surface area contributed by atoms with E-state index >= 15 is 0 Å². The average molecular weight is 184 g/mol. The minimum Gasteiger partial charge on any atom is -0.516 e. The van der Waals surface area contributed by atoms with Crippen LogP contribution in [0.5, 0.6) is 0 Å². The van der Waals surface area contributed by atoms with Gasteiger partial charge in [0.25, 0.3) is 0 Å². The van der Waals surface area contributed by atoms with Crippen molar-refractivity contribution in [3.05, 3.63) is 24.2 Å². The number of carbonyl (C=O) groups excluding carboxylic acids is 1. The smallest absolute Gasteiger partial charge is 0.328 e. The predicted molar refractivity (Wildman–Crippen MR) is 47.5 cm³/mol. The Morgan fingerprint density at radius 2 is 2.17 bits per heavy atom. The zero-order chi connectivity index (χ0) is 9.19. The van der Waals surface area contributed by atoms with Gasteiger partial charge in [0.05, 0.1) is 11.8 Å². The molecule has 1 rings (SSSR count). The quantitative estimate of drug-likeness (QED) is 0.662. The van der Waals surface area contributed by atoms with Crippen LogP contribution in [0.25, 0.3) is 0 Å². The number of carbonyl (C=O) groups is 1. The first-order valence-corrected chi connectivity index (χ1v) is 7.15. The first-order valence-electron chi connectivity index (χ1n) is 3.74. The van der Waals surface area contributed by atoms with Gasteiger partial charge in [0, 0.05) is 0 Å². The van der Waals surface area contributed by atoms with Crippen LogP contribution < -0.4 is 0 Å². The Kier molecular flexibility index (Phi) is 2.37. The van der Waals surface area contributed by atoms with Gasteiger partial charge in [-0.3, -0.25) is 0 Å². The van der Waals surface area contributed by atoms with Crippen molar-refractivity contribution >= 4 is 14.3 Å². The third-order valence-electron chi connectivity index (χ3n) is 1.16. The molecule has 0 spiro atoms. The molecule has 1 aromatic rings. The zero-order valence-electron chi connectivity index (χ0n) is 7.46. The molecule has 12 heavy (non-hydrogen) atoms. The lowest BCUT2D eigenvalue weighted by atomic mass is 10.4. The summed E-state index contributed by atoms with van der Waals surface area (Å²) in [5, 5.41) is 0. The lowest BCUT2D eigenvalue weighted by molar-refractivity contribution is 0.0724. The molecule has 1 heterocycles. The Bertz CT molecular complexity index is 258. The Hall–Kier alpha value is -1.03. The molecule has 0 aliphatic carbocycles. The first kappa shape index (κ1) is 9.06. The van der Waals surface area contributed by atoms with Gasteiger partial charge < -0.3 is 8.84 Å². The Morgan fingerprint density at radius 3 is 2.58 bits per heavy atom. The fourth-order valence-electron chi connectivity index (χ4n) is 0.718. The summed E-state index contributed by atoms with van der Waals surface area (Å²) in [6, 6.07) is 1.60. The van der Waals surface area contributed by atoms with Crippen molar-refractivity contribution in [2.75, 3.05) is 0 Å². The normalized spacial score (nSPS) is 11.2. The van der Waals surface area contributed by atoms with E-state index in [9.17, 15) is 4.79 Å². The maximum absolute atomic E-state index is 11.3. The molecular weight excluding hydrogens is 172 g/mol. The van der Waals surface area contributed by atoms with Gasteiger partial charge in [-0.25, -0.2) is 4.79 Å². The molecular formula is C8H12O3Si. The molecule has 4 heteroatoms. The molecule has 0 saturated carbocycles. The van der Waals surface area contributed by atoms with Gasteiger partial charge >= 0.3 is 5.97 Å². The van der Waals surface area contributed by atoms with Crippen molar-refractivity contribution in [3.63, 3.8) is 0 Å². The van der Waals surface area contributed by atoms with Crippen LogP contribution in [-0.2, 0) is 4.43 Å². The molecule has 0 N–H and O–H groups in total. The number of furan rings is 1. The fourth-order valence-corrected chi connectivity index (χ4v) is 1.39. The molecule has 1 aromatic heterocycles. The van der Waals surface area contributed by atoms with Gasteiger partial charge in [0.15, 0.2) is 0 Å². The second-order valence-electron chi connectivity index (χ2n) is 3.51. The van der Waals surface area contributed by atoms with E-state index in [4.69, 9.17) is 8.84 Å². The van der Waals surface area contributed by atoms with Gasteiger partial charge in [-0.05, 0) is 25.7 Å². The van der Waals surface area contributed by atoms with Crippen LogP contribution in [0.3, 0.4) is 0 Å². The van der Waals surface area contributed by atoms with Crippen molar-refractivity contribution in [3.8, 4) is 0 Å². The van der Waals surface area contributed by atoms with Crippen molar-refractivity contribution in [1.82, 2.24) is 0 Å². The number of hydrogen-bond acceptors (Lipinski definition) is 3. The second kappa shape index (κ2) is 3.14. The number of rotatable bonds is 2. The summed E-state index contributed by atoms with van der Waals surface area (Å²) in [6.45, 7) is 5.89. The molecule has 0 saturated heterocycles. The summed E-state index contributed by atoms with van der Waals surface area (Å²) in [4.78, 5) is 11.3. The number of hydrogen-bond donors (Lipinski definition) is 0. The summed E-state index contributed by atoms with van der Waals surface area (Å²) in [6.07, 6.45) is 2.85. The third kappa shape index (κ3) is 2.54. The highest BCUT2D eigenvalue weighted by Crippen LogP contribution is 2.09. The highest BCUT2D eigenvalue weighted by molar-refractivity contribution is 6.71. The zero-order valence-corrected chi connectivity index (χ0v) is 8.46. The molecule has 3 nitrogen and oxygen atoms in total. The topological polar surface area (TPSA) is 39.4 Å². The van der Waals surface area contributed by atoms with E-state index < -0.39 is 8.32 Å². The fraction of sp³-hybridized carbons (Fsp3) is 0.375.